The smallest absolute Gasteiger partial charge is 0.336 e. The van der Waals surface area contributed by atoms with Gasteiger partial charge in [0.25, 0.3) is 0 Å². The van der Waals surface area contributed by atoms with Crippen molar-refractivity contribution in [1.82, 2.24) is 0 Å². The van der Waals surface area contributed by atoms with Crippen LogP contribution in [0.15, 0.2) is 34.1 Å². The molecule has 0 saturated heterocycles. The molecule has 0 radical (unpaired) electrons. The second-order valence-corrected chi connectivity index (χ2v) is 4.58. The van der Waals surface area contributed by atoms with E-state index in [1.165, 1.54) is 0 Å². The number of fused-ring (bicyclic) bond motifs is 1. The summed E-state index contributed by atoms with van der Waals surface area (Å²) in [4.78, 5) is 11.2. The van der Waals surface area contributed by atoms with Crippen LogP contribution in [0, 0.1) is 0 Å². The highest BCUT2D eigenvalue weighted by atomic mass is 35.5. The molecule has 0 unspecified atom stereocenters. The molecule has 0 aromatic rings. The summed E-state index contributed by atoms with van der Waals surface area (Å²) in [6.07, 6.45) is 3.90. The lowest BCUT2D eigenvalue weighted by Gasteiger charge is -2.19. The summed E-state index contributed by atoms with van der Waals surface area (Å²) in [5.41, 5.74) is 0.225. The number of carbonyl (C=O) groups is 1. The van der Waals surface area contributed by atoms with Crippen molar-refractivity contribution in [3.63, 3.8) is 0 Å². The molecule has 80 valence electrons. The highest BCUT2D eigenvalue weighted by Crippen LogP contribution is 2.43. The van der Waals surface area contributed by atoms with Gasteiger partial charge in [0.2, 0.25) is 0 Å². The molecule has 2 rings (SSSR count). The van der Waals surface area contributed by atoms with Gasteiger partial charge >= 0.3 is 5.97 Å². The molecule has 1 aliphatic heterocycles. The average molecular weight is 227 g/mol. The van der Waals surface area contributed by atoms with Crippen LogP contribution in [0.25, 0.3) is 0 Å². The fourth-order valence-corrected chi connectivity index (χ4v) is 2.16. The molecule has 15 heavy (non-hydrogen) atoms. The first-order chi connectivity index (χ1) is 6.92. The van der Waals surface area contributed by atoms with Gasteiger partial charge in [0.15, 0.2) is 0 Å². The fraction of sp³-hybridized carbons (Fsp3) is 0.364. The highest BCUT2D eigenvalue weighted by Gasteiger charge is 2.42. The first kappa shape index (κ1) is 10.3. The second-order valence-electron chi connectivity index (χ2n) is 4.09. The molecular formula is C11H11ClO3. The number of hydrogen-bond donors (Lipinski definition) is 1. The predicted octanol–water partition coefficient (Wildman–Crippen LogP) is 2.59. The lowest BCUT2D eigenvalue weighted by Crippen LogP contribution is -2.26. The van der Waals surface area contributed by atoms with E-state index in [4.69, 9.17) is 21.4 Å². The molecule has 1 aliphatic carbocycles. The average Bonchev–Trinajstić information content (AvgIpc) is 2.33. The Bertz CT molecular complexity index is 427. The third-order valence-electron chi connectivity index (χ3n) is 2.54. The molecule has 0 fully saturated rings. The lowest BCUT2D eigenvalue weighted by molar-refractivity contribution is -0.134. The van der Waals surface area contributed by atoms with Crippen molar-refractivity contribution in [1.29, 1.82) is 0 Å². The molecule has 4 heteroatoms. The van der Waals surface area contributed by atoms with Crippen molar-refractivity contribution in [2.75, 3.05) is 0 Å². The van der Waals surface area contributed by atoms with Gasteiger partial charge in [-0.2, -0.15) is 0 Å². The van der Waals surface area contributed by atoms with Crippen LogP contribution in [0.2, 0.25) is 0 Å². The van der Waals surface area contributed by atoms with Gasteiger partial charge < -0.3 is 9.84 Å². The van der Waals surface area contributed by atoms with E-state index in [9.17, 15) is 4.79 Å². The van der Waals surface area contributed by atoms with Crippen molar-refractivity contribution in [2.45, 2.75) is 25.9 Å². The van der Waals surface area contributed by atoms with Gasteiger partial charge in [-0.25, -0.2) is 4.79 Å². The standard InChI is InChI=1S/C11H11ClO3/c1-11(2)9(10(13)14)7-5-6(12)3-4-8(7)15-11/h3-4H,5H2,1-2H3,(H,13,14). The van der Waals surface area contributed by atoms with Crippen LogP contribution >= 0.6 is 11.6 Å². The fourth-order valence-electron chi connectivity index (χ4n) is 1.96. The van der Waals surface area contributed by atoms with Crippen LogP contribution < -0.4 is 0 Å². The zero-order valence-corrected chi connectivity index (χ0v) is 9.26. The minimum absolute atomic E-state index is 0.306. The number of ether oxygens (including phenoxy) is 1. The van der Waals surface area contributed by atoms with E-state index in [1.54, 1.807) is 26.0 Å². The Morgan fingerprint density at radius 3 is 2.80 bits per heavy atom. The molecule has 0 bridgehead atoms. The summed E-state index contributed by atoms with van der Waals surface area (Å²) in [5, 5.41) is 9.78. The van der Waals surface area contributed by atoms with Gasteiger partial charge in [-0.15, -0.1) is 0 Å². The van der Waals surface area contributed by atoms with E-state index < -0.39 is 11.6 Å². The SMILES string of the molecule is CC1(C)OC2=CC=C(Cl)CC2=C1C(=O)O. The van der Waals surface area contributed by atoms with Crippen molar-refractivity contribution in [3.8, 4) is 0 Å². The molecule has 1 heterocycles. The Labute approximate surface area is 92.7 Å². The van der Waals surface area contributed by atoms with Gasteiger partial charge in [0.05, 0.1) is 5.57 Å². The number of hydrogen-bond acceptors (Lipinski definition) is 2. The van der Waals surface area contributed by atoms with E-state index in [0.717, 1.165) is 0 Å². The van der Waals surface area contributed by atoms with Gasteiger partial charge in [0, 0.05) is 17.0 Å². The zero-order valence-electron chi connectivity index (χ0n) is 8.50. The van der Waals surface area contributed by atoms with E-state index in [0.29, 0.717) is 28.4 Å². The number of carboxylic acid groups (broad SMARTS) is 1. The summed E-state index contributed by atoms with van der Waals surface area (Å²) in [6, 6.07) is 0. The summed E-state index contributed by atoms with van der Waals surface area (Å²) >= 11 is 5.88. The van der Waals surface area contributed by atoms with Crippen molar-refractivity contribution in [3.05, 3.63) is 34.1 Å². The normalized spacial score (nSPS) is 22.9. The van der Waals surface area contributed by atoms with Gasteiger partial charge in [0.1, 0.15) is 11.4 Å². The maximum absolute atomic E-state index is 11.2. The molecular weight excluding hydrogens is 216 g/mol. The summed E-state index contributed by atoms with van der Waals surface area (Å²) < 4.78 is 5.58. The lowest BCUT2D eigenvalue weighted by atomic mass is 9.92. The summed E-state index contributed by atoms with van der Waals surface area (Å²) in [6.45, 7) is 3.49. The Hall–Kier alpha value is -1.22. The first-order valence-electron chi connectivity index (χ1n) is 4.64. The van der Waals surface area contributed by atoms with Crippen LogP contribution in [-0.2, 0) is 9.53 Å². The molecule has 1 N–H and O–H groups in total. The summed E-state index contributed by atoms with van der Waals surface area (Å²) in [5.74, 6) is -0.313. The van der Waals surface area contributed by atoms with Crippen LogP contribution in [-0.4, -0.2) is 16.7 Å². The second kappa shape index (κ2) is 3.14. The zero-order chi connectivity index (χ0) is 11.2. The van der Waals surface area contributed by atoms with E-state index >= 15 is 0 Å². The summed E-state index contributed by atoms with van der Waals surface area (Å²) in [7, 11) is 0. The van der Waals surface area contributed by atoms with Crippen LogP contribution in [0.1, 0.15) is 20.3 Å². The Morgan fingerprint density at radius 2 is 2.20 bits per heavy atom. The van der Waals surface area contributed by atoms with Gasteiger partial charge in [-0.3, -0.25) is 0 Å². The number of rotatable bonds is 1. The Morgan fingerprint density at radius 1 is 1.53 bits per heavy atom. The van der Waals surface area contributed by atoms with Gasteiger partial charge in [-0.05, 0) is 26.0 Å². The van der Waals surface area contributed by atoms with E-state index in [-0.39, 0.29) is 0 Å². The third kappa shape index (κ3) is 1.57. The third-order valence-corrected chi connectivity index (χ3v) is 2.80. The van der Waals surface area contributed by atoms with Crippen molar-refractivity contribution in [2.24, 2.45) is 0 Å². The molecule has 0 aromatic heterocycles. The first-order valence-corrected chi connectivity index (χ1v) is 5.02. The maximum atomic E-state index is 11.2. The minimum Gasteiger partial charge on any atom is -0.483 e. The number of aliphatic carboxylic acids is 1. The number of carboxylic acids is 1. The molecule has 2 aliphatic rings. The topological polar surface area (TPSA) is 46.5 Å². The quantitative estimate of drug-likeness (QED) is 0.748. The largest absolute Gasteiger partial charge is 0.483 e. The minimum atomic E-state index is -0.940. The van der Waals surface area contributed by atoms with E-state index in [2.05, 4.69) is 0 Å². The predicted molar refractivity (Wildman–Crippen MR) is 56.5 cm³/mol. The molecule has 0 spiro atoms. The molecule has 0 aromatic carbocycles. The van der Waals surface area contributed by atoms with Crippen molar-refractivity contribution < 1.29 is 14.6 Å². The highest BCUT2D eigenvalue weighted by molar-refractivity contribution is 6.30. The number of halogens is 1. The molecule has 0 atom stereocenters. The van der Waals surface area contributed by atoms with Gasteiger partial charge in [-0.1, -0.05) is 11.6 Å². The van der Waals surface area contributed by atoms with Crippen LogP contribution in [0.5, 0.6) is 0 Å². The van der Waals surface area contributed by atoms with Crippen LogP contribution in [0.3, 0.4) is 0 Å². The Balaban J connectivity index is 2.55. The molecule has 3 nitrogen and oxygen atoms in total. The monoisotopic (exact) mass is 226 g/mol. The van der Waals surface area contributed by atoms with E-state index in [1.807, 2.05) is 0 Å². The van der Waals surface area contributed by atoms with Crippen LogP contribution in [0.4, 0.5) is 0 Å². The maximum Gasteiger partial charge on any atom is 0.336 e. The molecule has 0 amide bonds. The molecule has 0 saturated carbocycles. The van der Waals surface area contributed by atoms with Crippen molar-refractivity contribution >= 4 is 17.6 Å². The number of allylic oxidation sites excluding steroid dienone is 4. The Kier molecular flexibility index (Phi) is 2.15.